The number of phenolic OH excluding ortho intramolecular Hbond substituents is 1. The molecule has 1 saturated heterocycles. The van der Waals surface area contributed by atoms with Gasteiger partial charge in [-0.3, -0.25) is 4.90 Å². The number of nitrogens with one attached hydrogen (secondary N) is 1. The van der Waals surface area contributed by atoms with Crippen molar-refractivity contribution in [3.8, 4) is 34.5 Å². The van der Waals surface area contributed by atoms with Crippen molar-refractivity contribution in [3.05, 3.63) is 35.4 Å². The molecule has 0 aliphatic carbocycles. The number of likely N-dealkylation sites (tertiary alicyclic amines) is 1. The molecule has 3 aliphatic rings. The van der Waals surface area contributed by atoms with Gasteiger partial charge in [-0.05, 0) is 43.7 Å². The van der Waals surface area contributed by atoms with Gasteiger partial charge in [0.25, 0.3) is 0 Å². The first-order chi connectivity index (χ1) is 18.0. The van der Waals surface area contributed by atoms with Crippen LogP contribution in [-0.2, 0) is 0 Å². The third-order valence-electron chi connectivity index (χ3n) is 6.45. The molecular formula is C29H44N2O6. The maximum atomic E-state index is 10.4. The van der Waals surface area contributed by atoms with Gasteiger partial charge in [0, 0.05) is 30.6 Å². The number of likely N-dealkylation sites (N-methyl/N-ethyl adjacent to an activating group) is 1. The highest BCUT2D eigenvalue weighted by Gasteiger charge is 2.43. The molecule has 3 atom stereocenters. The maximum absolute atomic E-state index is 10.4. The molecule has 1 fully saturated rings. The Morgan fingerprint density at radius 2 is 1.43 bits per heavy atom. The largest absolute Gasteiger partial charge is 0.502 e. The first-order valence-electron chi connectivity index (χ1n) is 13.4. The maximum Gasteiger partial charge on any atom is 0.231 e. The number of rotatable bonds is 5. The molecule has 3 heterocycles. The smallest absolute Gasteiger partial charge is 0.231 e. The van der Waals surface area contributed by atoms with E-state index in [0.29, 0.717) is 23.0 Å². The molecule has 5 rings (SSSR count). The van der Waals surface area contributed by atoms with Crippen molar-refractivity contribution >= 4 is 0 Å². The summed E-state index contributed by atoms with van der Waals surface area (Å²) in [6.07, 6.45) is 4.68. The van der Waals surface area contributed by atoms with Crippen LogP contribution in [0.25, 0.3) is 0 Å². The lowest BCUT2D eigenvalue weighted by molar-refractivity contribution is -0.00370. The normalized spacial score (nSPS) is 21.5. The summed E-state index contributed by atoms with van der Waals surface area (Å²) in [5.41, 5.74) is 1.95. The highest BCUT2D eigenvalue weighted by molar-refractivity contribution is 5.60. The topological polar surface area (TPSA) is 81.7 Å². The monoisotopic (exact) mass is 516 g/mol. The number of benzene rings is 2. The molecular weight excluding hydrogens is 472 g/mol. The van der Waals surface area contributed by atoms with Crippen LogP contribution in [0.4, 0.5) is 0 Å². The quantitative estimate of drug-likeness (QED) is 0.539. The predicted octanol–water partition coefficient (Wildman–Crippen LogP) is 5.50. The van der Waals surface area contributed by atoms with E-state index < -0.39 is 0 Å². The van der Waals surface area contributed by atoms with Crippen LogP contribution in [0.5, 0.6) is 34.5 Å². The zero-order valence-electron chi connectivity index (χ0n) is 23.4. The molecule has 2 N–H and O–H groups in total. The van der Waals surface area contributed by atoms with Crippen molar-refractivity contribution < 1.29 is 28.8 Å². The van der Waals surface area contributed by atoms with Crippen LogP contribution in [0.2, 0.25) is 0 Å². The van der Waals surface area contributed by atoms with Gasteiger partial charge in [0.15, 0.2) is 29.2 Å². The number of aromatic hydroxyl groups is 1. The van der Waals surface area contributed by atoms with Gasteiger partial charge < -0.3 is 34.1 Å². The van der Waals surface area contributed by atoms with Gasteiger partial charge in [-0.2, -0.15) is 0 Å². The fourth-order valence-electron chi connectivity index (χ4n) is 4.93. The van der Waals surface area contributed by atoms with E-state index in [1.807, 2.05) is 31.3 Å². The third-order valence-corrected chi connectivity index (χ3v) is 6.45. The Morgan fingerprint density at radius 3 is 1.95 bits per heavy atom. The van der Waals surface area contributed by atoms with E-state index in [1.54, 1.807) is 0 Å². The number of hydrogen-bond acceptors (Lipinski definition) is 8. The molecule has 0 spiro atoms. The van der Waals surface area contributed by atoms with Crippen LogP contribution in [0.3, 0.4) is 0 Å². The molecule has 0 amide bonds. The summed E-state index contributed by atoms with van der Waals surface area (Å²) in [4.78, 5) is 2.39. The summed E-state index contributed by atoms with van der Waals surface area (Å²) in [5.74, 6) is 2.83. The zero-order chi connectivity index (χ0) is 26.9. The SMILES string of the molecule is CCC.CCC.CNC1C(c2cc(OC)c(O)c(OC)c2)c2cc3c(cc2OC1N1CCCC1)OCO3. The summed E-state index contributed by atoms with van der Waals surface area (Å²) in [5, 5.41) is 13.9. The van der Waals surface area contributed by atoms with Crippen LogP contribution in [0, 0.1) is 0 Å². The number of fused-ring (bicyclic) bond motifs is 2. The van der Waals surface area contributed by atoms with Crippen molar-refractivity contribution in [3.63, 3.8) is 0 Å². The molecule has 0 bridgehead atoms. The van der Waals surface area contributed by atoms with Crippen molar-refractivity contribution in [2.24, 2.45) is 0 Å². The minimum atomic E-state index is -0.142. The van der Waals surface area contributed by atoms with Crippen LogP contribution < -0.4 is 29.0 Å². The van der Waals surface area contributed by atoms with Gasteiger partial charge in [0.1, 0.15) is 5.75 Å². The molecule has 3 aliphatic heterocycles. The van der Waals surface area contributed by atoms with E-state index >= 15 is 0 Å². The van der Waals surface area contributed by atoms with E-state index in [1.165, 1.54) is 27.1 Å². The standard InChI is InChI=1S/C23H28N2O6.2C3H8/c1-24-21-20(13-8-18(27-2)22(26)19(9-13)28-3)14-10-16-17(30-12-29-16)11-15(14)31-23(21)25-6-4-5-7-25;2*1-3-2/h8-11,20-21,23-24,26H,4-7,12H2,1-3H3;2*3H2,1-2H3. The second-order valence-corrected chi connectivity index (χ2v) is 9.48. The first kappa shape index (κ1) is 28.7. The Bertz CT molecular complexity index is 981. The summed E-state index contributed by atoms with van der Waals surface area (Å²) in [6, 6.07) is 7.62. The Kier molecular flexibility index (Phi) is 10.6. The lowest BCUT2D eigenvalue weighted by Crippen LogP contribution is -2.56. The van der Waals surface area contributed by atoms with Crippen molar-refractivity contribution in [1.82, 2.24) is 10.2 Å². The van der Waals surface area contributed by atoms with Crippen LogP contribution >= 0.6 is 0 Å². The molecule has 3 unspecified atom stereocenters. The lowest BCUT2D eigenvalue weighted by atomic mass is 9.81. The fourth-order valence-corrected chi connectivity index (χ4v) is 4.93. The number of nitrogens with zero attached hydrogens (tertiary/aromatic N) is 1. The number of ether oxygens (including phenoxy) is 5. The van der Waals surface area contributed by atoms with Gasteiger partial charge in [-0.25, -0.2) is 0 Å². The number of methoxy groups -OCH3 is 2. The predicted molar refractivity (Wildman–Crippen MR) is 146 cm³/mol. The van der Waals surface area contributed by atoms with E-state index in [4.69, 9.17) is 23.7 Å². The Labute approximate surface area is 221 Å². The van der Waals surface area contributed by atoms with Crippen LogP contribution in [0.1, 0.15) is 70.4 Å². The molecule has 2 aromatic rings. The second kappa shape index (κ2) is 13.6. The van der Waals surface area contributed by atoms with Crippen molar-refractivity contribution in [1.29, 1.82) is 0 Å². The zero-order valence-corrected chi connectivity index (χ0v) is 23.4. The minimum Gasteiger partial charge on any atom is -0.502 e. The van der Waals surface area contributed by atoms with Gasteiger partial charge in [0.2, 0.25) is 12.5 Å². The molecule has 206 valence electrons. The van der Waals surface area contributed by atoms with Gasteiger partial charge in [-0.1, -0.05) is 40.5 Å². The van der Waals surface area contributed by atoms with E-state index in [0.717, 1.165) is 42.8 Å². The molecule has 8 nitrogen and oxygen atoms in total. The van der Waals surface area contributed by atoms with Crippen LogP contribution in [0.15, 0.2) is 24.3 Å². The highest BCUT2D eigenvalue weighted by atomic mass is 16.7. The molecule has 0 radical (unpaired) electrons. The summed E-state index contributed by atoms with van der Waals surface area (Å²) in [6.45, 7) is 10.7. The summed E-state index contributed by atoms with van der Waals surface area (Å²) >= 11 is 0. The van der Waals surface area contributed by atoms with Crippen molar-refractivity contribution in [2.45, 2.75) is 71.6 Å². The number of hydrogen-bond donors (Lipinski definition) is 2. The Hall–Kier alpha value is -2.84. The second-order valence-electron chi connectivity index (χ2n) is 9.48. The Morgan fingerprint density at radius 1 is 0.892 bits per heavy atom. The highest BCUT2D eigenvalue weighted by Crippen LogP contribution is 2.50. The molecule has 8 heteroatoms. The number of phenols is 1. The summed E-state index contributed by atoms with van der Waals surface area (Å²) in [7, 11) is 5.03. The van der Waals surface area contributed by atoms with E-state index in [9.17, 15) is 5.11 Å². The van der Waals surface area contributed by atoms with E-state index in [2.05, 4.69) is 37.9 Å². The van der Waals surface area contributed by atoms with Gasteiger partial charge >= 0.3 is 0 Å². The molecule has 0 saturated carbocycles. The third kappa shape index (κ3) is 6.18. The summed E-state index contributed by atoms with van der Waals surface area (Å²) < 4.78 is 28.7. The average Bonchev–Trinajstić information content (AvgIpc) is 3.59. The van der Waals surface area contributed by atoms with Gasteiger partial charge in [0.05, 0.1) is 20.3 Å². The van der Waals surface area contributed by atoms with Crippen LogP contribution in [-0.4, -0.2) is 63.4 Å². The first-order valence-corrected chi connectivity index (χ1v) is 13.4. The lowest BCUT2D eigenvalue weighted by Gasteiger charge is -2.43. The fraction of sp³-hybridized carbons (Fsp3) is 0.586. The molecule has 0 aromatic heterocycles. The molecule has 2 aromatic carbocycles. The average molecular weight is 517 g/mol. The Balaban J connectivity index is 0.000000580. The van der Waals surface area contributed by atoms with Gasteiger partial charge in [-0.15, -0.1) is 0 Å². The van der Waals surface area contributed by atoms with Crippen molar-refractivity contribution in [2.75, 3.05) is 41.1 Å². The molecule has 37 heavy (non-hydrogen) atoms. The van der Waals surface area contributed by atoms with E-state index in [-0.39, 0.29) is 30.7 Å². The minimum absolute atomic E-state index is 0.0104.